The molecule has 0 atom stereocenters. The van der Waals surface area contributed by atoms with Gasteiger partial charge in [0.25, 0.3) is 0 Å². The van der Waals surface area contributed by atoms with Crippen LogP contribution in [0.2, 0.25) is 10.0 Å². The fourth-order valence-corrected chi connectivity index (χ4v) is 2.32. The third kappa shape index (κ3) is 2.51. The molecule has 0 bridgehead atoms. The molecule has 86 valence electrons. The highest BCUT2D eigenvalue weighted by molar-refractivity contribution is 7.13. The highest BCUT2D eigenvalue weighted by atomic mass is 35.5. The van der Waals surface area contributed by atoms with Crippen LogP contribution >= 0.6 is 34.5 Å². The van der Waals surface area contributed by atoms with Gasteiger partial charge in [-0.15, -0.1) is 11.3 Å². The van der Waals surface area contributed by atoms with Gasteiger partial charge < -0.3 is 0 Å². The van der Waals surface area contributed by atoms with Crippen molar-refractivity contribution in [2.75, 3.05) is 0 Å². The minimum absolute atomic E-state index is 0.514. The molecule has 0 nitrogen and oxygen atoms in total. The molecule has 0 fully saturated rings. The molecule has 1 heterocycles. The summed E-state index contributed by atoms with van der Waals surface area (Å²) in [5, 5.41) is -2.22. The van der Waals surface area contributed by atoms with Crippen molar-refractivity contribution in [2.45, 2.75) is 12.4 Å². The molecule has 1 rings (SSSR count). The maximum atomic E-state index is 12.1. The Labute approximate surface area is 93.4 Å². The summed E-state index contributed by atoms with van der Waals surface area (Å²) in [7, 11) is 0. The van der Waals surface area contributed by atoms with Crippen LogP contribution in [0, 0.1) is 0 Å². The van der Waals surface area contributed by atoms with Crippen molar-refractivity contribution in [3.05, 3.63) is 19.8 Å². The predicted molar refractivity (Wildman–Crippen MR) is 44.3 cm³/mol. The van der Waals surface area contributed by atoms with Crippen LogP contribution in [-0.4, -0.2) is 0 Å². The van der Waals surface area contributed by atoms with Gasteiger partial charge in [-0.1, -0.05) is 23.2 Å². The monoisotopic (exact) mass is 288 g/mol. The molecule has 0 saturated carbocycles. The minimum atomic E-state index is -4.94. The molecular weight excluding hydrogens is 289 g/mol. The first-order valence-electron chi connectivity index (χ1n) is 3.17. The van der Waals surface area contributed by atoms with E-state index >= 15 is 0 Å². The second kappa shape index (κ2) is 3.71. The Kier molecular flexibility index (Phi) is 3.20. The maximum Gasteiger partial charge on any atom is 0.427 e. The molecule has 0 saturated heterocycles. The topological polar surface area (TPSA) is 0 Å². The van der Waals surface area contributed by atoms with Gasteiger partial charge in [0.05, 0.1) is 10.0 Å². The van der Waals surface area contributed by atoms with E-state index in [-0.39, 0.29) is 0 Å². The highest BCUT2D eigenvalue weighted by Gasteiger charge is 2.44. The van der Waals surface area contributed by atoms with Gasteiger partial charge in [-0.3, -0.25) is 0 Å². The van der Waals surface area contributed by atoms with Crippen LogP contribution in [0.25, 0.3) is 0 Å². The normalized spacial score (nSPS) is 13.3. The molecule has 0 aliphatic rings. The van der Waals surface area contributed by atoms with Gasteiger partial charge >= 0.3 is 12.4 Å². The molecule has 0 unspecified atom stereocenters. The number of thiophene rings is 1. The lowest BCUT2D eigenvalue weighted by molar-refractivity contribution is -0.134. The Morgan fingerprint density at radius 3 is 1.13 bits per heavy atom. The number of alkyl halides is 6. The van der Waals surface area contributed by atoms with Crippen LogP contribution in [0.5, 0.6) is 0 Å². The Morgan fingerprint density at radius 1 is 0.733 bits per heavy atom. The molecular formula is C6Cl2F6S. The first kappa shape index (κ1) is 12.9. The molecule has 0 amide bonds. The summed E-state index contributed by atoms with van der Waals surface area (Å²) in [6.07, 6.45) is -9.87. The molecule has 15 heavy (non-hydrogen) atoms. The standard InChI is InChI=1S/C6Cl2F6S/c7-1-2(8)4(6(12,13)14)15-3(1)5(9,10)11. The SMILES string of the molecule is FC(F)(F)c1sc(C(F)(F)F)c(Cl)c1Cl. The summed E-state index contributed by atoms with van der Waals surface area (Å²) < 4.78 is 72.8. The fourth-order valence-electron chi connectivity index (χ4n) is 0.756. The van der Waals surface area contributed by atoms with Crippen LogP contribution in [0.15, 0.2) is 0 Å². The van der Waals surface area contributed by atoms with Crippen LogP contribution in [0.1, 0.15) is 9.75 Å². The molecule has 9 heteroatoms. The van der Waals surface area contributed by atoms with E-state index < -0.39 is 43.5 Å². The summed E-state index contributed by atoms with van der Waals surface area (Å²) in [5.41, 5.74) is 0. The van der Waals surface area contributed by atoms with Crippen molar-refractivity contribution in [3.8, 4) is 0 Å². The van der Waals surface area contributed by atoms with Crippen molar-refractivity contribution >= 4 is 34.5 Å². The quantitative estimate of drug-likeness (QED) is 0.583. The van der Waals surface area contributed by atoms with E-state index in [1.165, 1.54) is 0 Å². The highest BCUT2D eigenvalue weighted by Crippen LogP contribution is 2.50. The smallest absolute Gasteiger partial charge is 0.165 e. The van der Waals surface area contributed by atoms with Crippen molar-refractivity contribution in [3.63, 3.8) is 0 Å². The number of hydrogen-bond donors (Lipinski definition) is 0. The van der Waals surface area contributed by atoms with Gasteiger partial charge in [0.15, 0.2) is 0 Å². The minimum Gasteiger partial charge on any atom is -0.165 e. The average molecular weight is 289 g/mol. The zero-order chi connectivity index (χ0) is 12.0. The van der Waals surface area contributed by atoms with Crippen LogP contribution in [0.3, 0.4) is 0 Å². The first-order chi connectivity index (χ1) is 6.55. The van der Waals surface area contributed by atoms with E-state index in [0.29, 0.717) is 0 Å². The molecule has 0 N–H and O–H groups in total. The maximum absolute atomic E-state index is 12.1. The summed E-state index contributed by atoms with van der Waals surface area (Å²) in [6.45, 7) is 0. The third-order valence-corrected chi connectivity index (χ3v) is 3.67. The van der Waals surface area contributed by atoms with Crippen LogP contribution in [0.4, 0.5) is 26.3 Å². The first-order valence-corrected chi connectivity index (χ1v) is 4.74. The van der Waals surface area contributed by atoms with Gasteiger partial charge in [0.2, 0.25) is 0 Å². The van der Waals surface area contributed by atoms with Gasteiger partial charge in [0, 0.05) is 0 Å². The van der Waals surface area contributed by atoms with Gasteiger partial charge in [-0.2, -0.15) is 26.3 Å². The van der Waals surface area contributed by atoms with E-state index in [1.807, 2.05) is 0 Å². The number of rotatable bonds is 0. The van der Waals surface area contributed by atoms with Gasteiger partial charge in [0.1, 0.15) is 9.75 Å². The summed E-state index contributed by atoms with van der Waals surface area (Å²) in [4.78, 5) is -3.08. The molecule has 0 aliphatic heterocycles. The van der Waals surface area contributed by atoms with E-state index in [9.17, 15) is 26.3 Å². The van der Waals surface area contributed by atoms with E-state index in [0.717, 1.165) is 0 Å². The van der Waals surface area contributed by atoms with Crippen molar-refractivity contribution in [1.82, 2.24) is 0 Å². The Morgan fingerprint density at radius 2 is 1.00 bits per heavy atom. The second-order valence-corrected chi connectivity index (χ2v) is 4.16. The number of halogens is 8. The summed E-state index contributed by atoms with van der Waals surface area (Å²) >= 11 is 9.61. The zero-order valence-electron chi connectivity index (χ0n) is 6.43. The van der Waals surface area contributed by atoms with E-state index in [2.05, 4.69) is 0 Å². The summed E-state index contributed by atoms with van der Waals surface area (Å²) in [5.74, 6) is 0. The van der Waals surface area contributed by atoms with E-state index in [4.69, 9.17) is 23.2 Å². The lowest BCUT2D eigenvalue weighted by Crippen LogP contribution is -2.03. The van der Waals surface area contributed by atoms with E-state index in [1.54, 1.807) is 0 Å². The Hall–Kier alpha value is -0.140. The van der Waals surface area contributed by atoms with Crippen LogP contribution < -0.4 is 0 Å². The largest absolute Gasteiger partial charge is 0.427 e. The summed E-state index contributed by atoms with van der Waals surface area (Å²) in [6, 6.07) is 0. The van der Waals surface area contributed by atoms with Crippen molar-refractivity contribution in [1.29, 1.82) is 0 Å². The second-order valence-electron chi connectivity index (χ2n) is 2.38. The molecule has 0 spiro atoms. The van der Waals surface area contributed by atoms with Crippen molar-refractivity contribution in [2.24, 2.45) is 0 Å². The molecule has 1 aromatic heterocycles. The van der Waals surface area contributed by atoms with Crippen LogP contribution in [-0.2, 0) is 12.4 Å². The lowest BCUT2D eigenvalue weighted by Gasteiger charge is -2.03. The zero-order valence-corrected chi connectivity index (χ0v) is 8.76. The molecule has 0 radical (unpaired) electrons. The third-order valence-electron chi connectivity index (χ3n) is 1.31. The fraction of sp³-hybridized carbons (Fsp3) is 0.333. The molecule has 0 aliphatic carbocycles. The number of hydrogen-bond acceptors (Lipinski definition) is 1. The van der Waals surface area contributed by atoms with Gasteiger partial charge in [-0.05, 0) is 0 Å². The average Bonchev–Trinajstić information content (AvgIpc) is 2.26. The Bertz CT molecular complexity index is 342. The Balaban J connectivity index is 3.38. The predicted octanol–water partition coefficient (Wildman–Crippen LogP) is 5.09. The lowest BCUT2D eigenvalue weighted by atomic mass is 10.4. The van der Waals surface area contributed by atoms with Gasteiger partial charge in [-0.25, -0.2) is 0 Å². The molecule has 0 aromatic carbocycles. The molecule has 1 aromatic rings. The van der Waals surface area contributed by atoms with Crippen molar-refractivity contribution < 1.29 is 26.3 Å².